The van der Waals surface area contributed by atoms with E-state index in [4.69, 9.17) is 13.6 Å². The molecule has 0 saturated carbocycles. The van der Waals surface area contributed by atoms with E-state index in [9.17, 15) is 4.79 Å². The van der Waals surface area contributed by atoms with Crippen molar-refractivity contribution in [2.45, 2.75) is 65.1 Å². The predicted octanol–water partition coefficient (Wildman–Crippen LogP) is 2.64. The Kier molecular flexibility index (Phi) is 8.19. The Labute approximate surface area is 128 Å². The van der Waals surface area contributed by atoms with E-state index < -0.39 is 23.1 Å². The number of ether oxygens (including phenoxy) is 1. The van der Waals surface area contributed by atoms with Crippen molar-refractivity contribution in [3.8, 4) is 0 Å². The van der Waals surface area contributed by atoms with Crippen LogP contribution in [0.4, 0.5) is 0 Å². The summed E-state index contributed by atoms with van der Waals surface area (Å²) in [6.45, 7) is 13.2. The maximum absolute atomic E-state index is 12.0. The lowest BCUT2D eigenvalue weighted by Gasteiger charge is -2.30. The zero-order valence-corrected chi connectivity index (χ0v) is 18.2. The summed E-state index contributed by atoms with van der Waals surface area (Å²) in [6.07, 6.45) is 2.86. The zero-order valence-electron chi connectivity index (χ0n) is 14.2. The third kappa shape index (κ3) is 10.6. The molecule has 0 fully saturated rings. The number of hydrogen-bond donors (Lipinski definition) is 0. The van der Waals surface area contributed by atoms with Crippen LogP contribution in [0.5, 0.6) is 0 Å². The lowest BCUT2D eigenvalue weighted by Crippen LogP contribution is -2.42. The Hall–Kier alpha value is -0.219. The molecule has 0 N–H and O–H groups in total. The monoisotopic (exact) mass is 334 g/mol. The average molecular weight is 335 g/mol. The van der Waals surface area contributed by atoms with Crippen molar-refractivity contribution in [2.24, 2.45) is 0 Å². The summed E-state index contributed by atoms with van der Waals surface area (Å²) in [5.74, 6) is -0.346. The Morgan fingerprint density at radius 2 is 1.55 bits per heavy atom. The second kappa shape index (κ2) is 8.28. The number of hydrogen-bond acceptors (Lipinski definition) is 4. The van der Waals surface area contributed by atoms with Gasteiger partial charge in [0.1, 0.15) is 0 Å². The molecular formula is C13H30O4Si3. The van der Waals surface area contributed by atoms with Gasteiger partial charge in [0.15, 0.2) is 16.6 Å². The van der Waals surface area contributed by atoms with E-state index in [2.05, 4.69) is 0 Å². The molecule has 0 spiro atoms. The Balaban J connectivity index is 4.76. The van der Waals surface area contributed by atoms with Crippen molar-refractivity contribution >= 4 is 32.8 Å². The number of esters is 1. The highest BCUT2D eigenvalue weighted by molar-refractivity contribution is 6.70. The highest BCUT2D eigenvalue weighted by atomic mass is 28.4. The highest BCUT2D eigenvalue weighted by Gasteiger charge is 2.29. The minimum absolute atomic E-state index is 0.346. The molecule has 0 atom stereocenters. The maximum Gasteiger partial charge on any atom is 0.337 e. The van der Waals surface area contributed by atoms with Crippen molar-refractivity contribution in [3.05, 3.63) is 11.6 Å². The highest BCUT2D eigenvalue weighted by Crippen LogP contribution is 2.16. The molecule has 0 aliphatic carbocycles. The van der Waals surface area contributed by atoms with Crippen molar-refractivity contribution < 1.29 is 18.4 Å². The first kappa shape index (κ1) is 19.8. The summed E-state index contributed by atoms with van der Waals surface area (Å²) in [4.78, 5) is 12.0. The van der Waals surface area contributed by atoms with Crippen LogP contribution in [-0.4, -0.2) is 39.3 Å². The van der Waals surface area contributed by atoms with Crippen LogP contribution in [0.25, 0.3) is 0 Å². The van der Waals surface area contributed by atoms with Crippen molar-refractivity contribution in [3.63, 3.8) is 0 Å². The van der Waals surface area contributed by atoms with Crippen molar-refractivity contribution in [1.82, 2.24) is 0 Å². The van der Waals surface area contributed by atoms with Crippen LogP contribution in [0.1, 0.15) is 13.3 Å². The Morgan fingerprint density at radius 3 is 1.90 bits per heavy atom. The summed E-state index contributed by atoms with van der Waals surface area (Å²) in [7, 11) is -2.54. The van der Waals surface area contributed by atoms with Crippen LogP contribution >= 0.6 is 0 Å². The molecule has 0 bridgehead atoms. The first-order valence-electron chi connectivity index (χ1n) is 7.18. The fraction of sp³-hybridized carbons (Fsp3) is 0.769. The molecule has 20 heavy (non-hydrogen) atoms. The lowest BCUT2D eigenvalue weighted by molar-refractivity contribution is -0.209. The van der Waals surface area contributed by atoms with Crippen molar-refractivity contribution in [2.75, 3.05) is 0 Å². The van der Waals surface area contributed by atoms with Gasteiger partial charge in [-0.1, -0.05) is 12.1 Å². The summed E-state index contributed by atoms with van der Waals surface area (Å²) in [5, 5.41) is 0. The van der Waals surface area contributed by atoms with Gasteiger partial charge in [0, 0.05) is 15.8 Å². The van der Waals surface area contributed by atoms with E-state index in [0.29, 0.717) is 5.57 Å². The molecule has 0 radical (unpaired) electrons. The van der Waals surface area contributed by atoms with Crippen LogP contribution in [-0.2, 0) is 18.4 Å². The number of carbonyl (C=O) groups excluding carboxylic acids is 1. The smallest absolute Gasteiger partial charge is 0.337 e. The molecule has 0 saturated heterocycles. The fourth-order valence-corrected chi connectivity index (χ4v) is 3.01. The third-order valence-electron chi connectivity index (χ3n) is 2.16. The second-order valence-corrected chi connectivity index (χ2v) is 16.8. The normalized spacial score (nSPS) is 13.9. The van der Waals surface area contributed by atoms with Gasteiger partial charge in [-0.15, -0.1) is 0 Å². The minimum Gasteiger partial charge on any atom is -0.409 e. The van der Waals surface area contributed by atoms with Crippen LogP contribution in [0.15, 0.2) is 11.6 Å². The summed E-state index contributed by atoms with van der Waals surface area (Å²) in [5.41, 5.74) is 0.629. The van der Waals surface area contributed by atoms with Gasteiger partial charge < -0.3 is 13.6 Å². The molecule has 7 heteroatoms. The van der Waals surface area contributed by atoms with Crippen molar-refractivity contribution in [1.29, 1.82) is 0 Å². The number of rotatable bonds is 8. The first-order chi connectivity index (χ1) is 8.94. The SMILES string of the molecule is CC(=CCC[SiH3])C(=O)OC(O[Si](C)(C)C)O[Si](C)(C)C. The lowest BCUT2D eigenvalue weighted by atomic mass is 10.2. The Morgan fingerprint density at radius 1 is 1.10 bits per heavy atom. The third-order valence-corrected chi connectivity index (χ3v) is 4.54. The van der Waals surface area contributed by atoms with Gasteiger partial charge in [-0.25, -0.2) is 4.79 Å². The fourth-order valence-electron chi connectivity index (χ4n) is 1.27. The summed E-state index contributed by atoms with van der Waals surface area (Å²) in [6, 6.07) is 1.14. The minimum atomic E-state index is -1.84. The number of allylic oxidation sites excluding steroid dienone is 1. The van der Waals surface area contributed by atoms with E-state index in [0.717, 1.165) is 22.7 Å². The van der Waals surface area contributed by atoms with E-state index in [1.54, 1.807) is 6.92 Å². The molecule has 118 valence electrons. The molecule has 0 aromatic heterocycles. The molecule has 0 aromatic carbocycles. The maximum atomic E-state index is 12.0. The van der Waals surface area contributed by atoms with E-state index in [1.807, 2.05) is 45.4 Å². The molecular weight excluding hydrogens is 304 g/mol. The van der Waals surface area contributed by atoms with Gasteiger partial charge >= 0.3 is 5.97 Å². The van der Waals surface area contributed by atoms with E-state index in [1.165, 1.54) is 0 Å². The van der Waals surface area contributed by atoms with Crippen LogP contribution in [0.2, 0.25) is 45.3 Å². The molecule has 0 heterocycles. The predicted molar refractivity (Wildman–Crippen MR) is 91.9 cm³/mol. The molecule has 0 aromatic rings. The van der Waals surface area contributed by atoms with Gasteiger partial charge in [-0.2, -0.15) is 0 Å². The molecule has 0 rings (SSSR count). The summed E-state index contributed by atoms with van der Waals surface area (Å²) >= 11 is 0. The van der Waals surface area contributed by atoms with Gasteiger partial charge in [0.05, 0.1) is 0 Å². The van der Waals surface area contributed by atoms with Crippen LogP contribution in [0, 0.1) is 0 Å². The van der Waals surface area contributed by atoms with Crippen LogP contribution < -0.4 is 0 Å². The van der Waals surface area contributed by atoms with Gasteiger partial charge in [0.2, 0.25) is 0 Å². The zero-order chi connectivity index (χ0) is 16.0. The first-order valence-corrected chi connectivity index (χ1v) is 15.4. The second-order valence-electron chi connectivity index (χ2n) is 6.83. The largest absolute Gasteiger partial charge is 0.409 e. The van der Waals surface area contributed by atoms with E-state index in [-0.39, 0.29) is 5.97 Å². The molecule has 0 aliphatic heterocycles. The van der Waals surface area contributed by atoms with Crippen LogP contribution in [0.3, 0.4) is 0 Å². The topological polar surface area (TPSA) is 44.8 Å². The quantitative estimate of drug-likeness (QED) is 0.296. The van der Waals surface area contributed by atoms with Gasteiger partial charge in [-0.05, 0) is 52.6 Å². The van der Waals surface area contributed by atoms with E-state index >= 15 is 0 Å². The molecule has 0 unspecified atom stereocenters. The summed E-state index contributed by atoms with van der Waals surface area (Å²) < 4.78 is 17.0. The standard InChI is InChI=1S/C13H30O4Si3/c1-11(9-8-10-18)12(14)15-13(16-19(2,3)4)17-20(5,6)7/h9,13H,8,10H2,1-7,18H3. The number of carbonyl (C=O) groups is 1. The molecule has 0 amide bonds. The Bertz CT molecular complexity index is 327. The van der Waals surface area contributed by atoms with Gasteiger partial charge in [0.25, 0.3) is 6.48 Å². The molecule has 4 nitrogen and oxygen atoms in total. The average Bonchev–Trinajstić information content (AvgIpc) is 2.20. The van der Waals surface area contributed by atoms with Gasteiger partial charge in [-0.3, -0.25) is 0 Å². The molecule has 0 aliphatic rings.